The Kier molecular flexibility index (Phi) is 8.84. The first-order valence-corrected chi connectivity index (χ1v) is 14.6. The minimum atomic E-state index is -4.78. The van der Waals surface area contributed by atoms with Crippen molar-refractivity contribution in [2.24, 2.45) is 0 Å². The number of fused-ring (bicyclic) bond motifs is 1. The highest BCUT2D eigenvalue weighted by molar-refractivity contribution is 7.99. The standard InChI is InChI=1S/C32H30F5N3O2S/c1-18-23(14-24-25(32(35,36)37)7-5-8-26(24)33)31-40(30(41)28(18)22-6-4-9-27(42-3)29(22)34)21(17-43-31)16-39-15-19-10-12-20(38-2)13-11-19/h4-13,21,38-39H,14-17H2,1-3H3. The molecule has 0 fully saturated rings. The van der Waals surface area contributed by atoms with Crippen molar-refractivity contribution in [3.8, 4) is 16.9 Å². The molecule has 1 aliphatic heterocycles. The maximum atomic E-state index is 15.6. The number of hydrogen-bond acceptors (Lipinski definition) is 5. The minimum Gasteiger partial charge on any atom is -0.494 e. The van der Waals surface area contributed by atoms with Crippen LogP contribution in [0.1, 0.15) is 33.9 Å². The summed E-state index contributed by atoms with van der Waals surface area (Å²) in [5.41, 5.74) is 0.545. The fourth-order valence-corrected chi connectivity index (χ4v) is 6.85. The first-order chi connectivity index (χ1) is 20.5. The fraction of sp³-hybridized carbons (Fsp3) is 0.281. The van der Waals surface area contributed by atoms with Crippen molar-refractivity contribution >= 4 is 17.4 Å². The van der Waals surface area contributed by atoms with E-state index in [-0.39, 0.29) is 22.9 Å². The van der Waals surface area contributed by atoms with Crippen LogP contribution in [0.25, 0.3) is 11.1 Å². The summed E-state index contributed by atoms with van der Waals surface area (Å²) in [4.78, 5) is 14.1. The number of benzene rings is 3. The second-order valence-corrected chi connectivity index (χ2v) is 11.3. The number of pyridine rings is 1. The lowest BCUT2D eigenvalue weighted by atomic mass is 9.92. The van der Waals surface area contributed by atoms with Crippen molar-refractivity contribution in [1.29, 1.82) is 0 Å². The van der Waals surface area contributed by atoms with Crippen molar-refractivity contribution in [2.75, 3.05) is 31.8 Å². The van der Waals surface area contributed by atoms with Crippen LogP contribution in [0, 0.1) is 18.6 Å². The molecule has 0 spiro atoms. The number of aromatic nitrogens is 1. The Bertz CT molecular complexity index is 1700. The van der Waals surface area contributed by atoms with Gasteiger partial charge < -0.3 is 15.4 Å². The number of nitrogens with one attached hydrogen (secondary N) is 2. The first kappa shape index (κ1) is 30.6. The summed E-state index contributed by atoms with van der Waals surface area (Å²) in [5, 5.41) is 6.88. The lowest BCUT2D eigenvalue weighted by Crippen LogP contribution is -2.33. The molecule has 1 unspecified atom stereocenters. The SMILES string of the molecule is CNc1ccc(CNCC2CSc3c(Cc4c(F)cccc4C(F)(F)F)c(C)c(-c4cccc(OC)c4F)c(=O)n32)cc1. The molecule has 5 nitrogen and oxygen atoms in total. The van der Waals surface area contributed by atoms with E-state index >= 15 is 8.78 Å². The monoisotopic (exact) mass is 615 g/mol. The van der Waals surface area contributed by atoms with Crippen molar-refractivity contribution in [2.45, 2.75) is 37.1 Å². The van der Waals surface area contributed by atoms with Gasteiger partial charge in [0.15, 0.2) is 11.6 Å². The molecule has 0 radical (unpaired) electrons. The Morgan fingerprint density at radius 2 is 1.74 bits per heavy atom. The summed E-state index contributed by atoms with van der Waals surface area (Å²) in [6.07, 6.45) is -5.21. The number of methoxy groups -OCH3 is 1. The van der Waals surface area contributed by atoms with Crippen LogP contribution in [0.5, 0.6) is 5.75 Å². The quantitative estimate of drug-likeness (QED) is 0.195. The molecular weight excluding hydrogens is 585 g/mol. The second kappa shape index (κ2) is 12.4. The van der Waals surface area contributed by atoms with Crippen molar-refractivity contribution in [1.82, 2.24) is 9.88 Å². The van der Waals surface area contributed by atoms with Gasteiger partial charge in [0.1, 0.15) is 5.82 Å². The highest BCUT2D eigenvalue weighted by atomic mass is 32.2. The Balaban J connectivity index is 1.61. The number of alkyl halides is 3. The number of halogens is 5. The second-order valence-electron chi connectivity index (χ2n) is 10.3. The van der Waals surface area contributed by atoms with Gasteiger partial charge in [0.2, 0.25) is 0 Å². The Hall–Kier alpha value is -3.83. The van der Waals surface area contributed by atoms with Crippen molar-refractivity contribution < 1.29 is 26.7 Å². The van der Waals surface area contributed by atoms with Gasteiger partial charge in [0, 0.05) is 49.1 Å². The smallest absolute Gasteiger partial charge is 0.416 e. The molecule has 0 saturated carbocycles. The van der Waals surface area contributed by atoms with Crippen LogP contribution in [-0.2, 0) is 19.1 Å². The predicted octanol–water partition coefficient (Wildman–Crippen LogP) is 7.20. The molecule has 0 aliphatic carbocycles. The van der Waals surface area contributed by atoms with Crippen molar-refractivity contribution in [3.63, 3.8) is 0 Å². The van der Waals surface area contributed by atoms with E-state index in [0.717, 1.165) is 29.4 Å². The molecule has 43 heavy (non-hydrogen) atoms. The summed E-state index contributed by atoms with van der Waals surface area (Å²) in [6.45, 7) is 2.47. The minimum absolute atomic E-state index is 0.00945. The maximum absolute atomic E-state index is 15.6. The highest BCUT2D eigenvalue weighted by Crippen LogP contribution is 2.42. The first-order valence-electron chi connectivity index (χ1n) is 13.6. The van der Waals surface area contributed by atoms with Gasteiger partial charge in [-0.15, -0.1) is 11.8 Å². The lowest BCUT2D eigenvalue weighted by Gasteiger charge is -2.22. The highest BCUT2D eigenvalue weighted by Gasteiger charge is 2.36. The van der Waals surface area contributed by atoms with Gasteiger partial charge in [-0.2, -0.15) is 13.2 Å². The summed E-state index contributed by atoms with van der Waals surface area (Å²) in [5.74, 6) is -1.38. The van der Waals surface area contributed by atoms with Crippen LogP contribution in [0.2, 0.25) is 0 Å². The molecule has 1 aromatic heterocycles. The summed E-state index contributed by atoms with van der Waals surface area (Å²) >= 11 is 1.33. The molecule has 0 saturated heterocycles. The van der Waals surface area contributed by atoms with Crippen molar-refractivity contribution in [3.05, 3.63) is 110 Å². The maximum Gasteiger partial charge on any atom is 0.416 e. The van der Waals surface area contributed by atoms with E-state index < -0.39 is 40.9 Å². The molecule has 2 heterocycles. The molecule has 2 N–H and O–H groups in total. The number of anilines is 1. The predicted molar refractivity (Wildman–Crippen MR) is 159 cm³/mol. The third-order valence-corrected chi connectivity index (χ3v) is 8.96. The number of nitrogens with zero attached hydrogens (tertiary/aromatic N) is 1. The van der Waals surface area contributed by atoms with E-state index in [1.54, 1.807) is 13.0 Å². The van der Waals surface area contributed by atoms with E-state index in [1.165, 1.54) is 35.6 Å². The topological polar surface area (TPSA) is 55.3 Å². The molecule has 5 rings (SSSR count). The van der Waals surface area contributed by atoms with Gasteiger partial charge in [-0.05, 0) is 53.9 Å². The molecule has 0 bridgehead atoms. The zero-order valence-electron chi connectivity index (χ0n) is 23.7. The zero-order valence-corrected chi connectivity index (χ0v) is 24.6. The molecule has 0 amide bonds. The summed E-state index contributed by atoms with van der Waals surface area (Å²) in [6, 6.07) is 14.7. The van der Waals surface area contributed by atoms with Gasteiger partial charge in [-0.3, -0.25) is 9.36 Å². The van der Waals surface area contributed by atoms with E-state index in [0.29, 0.717) is 35.0 Å². The average molecular weight is 616 g/mol. The Morgan fingerprint density at radius 3 is 2.42 bits per heavy atom. The number of ether oxygens (including phenoxy) is 1. The molecule has 4 aromatic rings. The number of rotatable bonds is 9. The largest absolute Gasteiger partial charge is 0.494 e. The average Bonchev–Trinajstić information content (AvgIpc) is 3.40. The number of hydrogen-bond donors (Lipinski definition) is 2. The summed E-state index contributed by atoms with van der Waals surface area (Å²) in [7, 11) is 3.13. The summed E-state index contributed by atoms with van der Waals surface area (Å²) < 4.78 is 79.0. The molecule has 226 valence electrons. The van der Waals surface area contributed by atoms with Gasteiger partial charge in [0.05, 0.1) is 29.3 Å². The molecule has 1 aliphatic rings. The molecule has 3 aromatic carbocycles. The van der Waals surface area contributed by atoms with E-state index in [9.17, 15) is 18.0 Å². The lowest BCUT2D eigenvalue weighted by molar-refractivity contribution is -0.138. The van der Waals surface area contributed by atoms with Gasteiger partial charge in [-0.1, -0.05) is 30.3 Å². The third-order valence-electron chi connectivity index (χ3n) is 7.70. The Labute approximate surface area is 250 Å². The van der Waals surface area contributed by atoms with Crippen LogP contribution < -0.4 is 20.9 Å². The van der Waals surface area contributed by atoms with Crippen LogP contribution in [0.4, 0.5) is 27.6 Å². The van der Waals surface area contributed by atoms with E-state index in [1.807, 2.05) is 31.3 Å². The van der Waals surface area contributed by atoms with Crippen LogP contribution in [0.15, 0.2) is 70.5 Å². The normalized spacial score (nSPS) is 14.6. The van der Waals surface area contributed by atoms with E-state index in [2.05, 4.69) is 10.6 Å². The van der Waals surface area contributed by atoms with Crippen LogP contribution in [-0.4, -0.2) is 31.0 Å². The van der Waals surface area contributed by atoms with Gasteiger partial charge in [-0.25, -0.2) is 8.78 Å². The zero-order chi connectivity index (χ0) is 30.9. The van der Waals surface area contributed by atoms with Gasteiger partial charge in [0.25, 0.3) is 5.56 Å². The Morgan fingerprint density at radius 1 is 1.02 bits per heavy atom. The molecular formula is C32H30F5N3O2S. The molecule has 11 heteroatoms. The third kappa shape index (κ3) is 6.01. The van der Waals surface area contributed by atoms with Crippen LogP contribution in [0.3, 0.4) is 0 Å². The van der Waals surface area contributed by atoms with E-state index in [4.69, 9.17) is 4.74 Å². The van der Waals surface area contributed by atoms with Gasteiger partial charge >= 0.3 is 6.18 Å². The fourth-order valence-electron chi connectivity index (χ4n) is 5.46. The number of thioether (sulfide) groups is 1. The van der Waals surface area contributed by atoms with Crippen LogP contribution >= 0.6 is 11.8 Å². The molecule has 1 atom stereocenters.